The minimum absolute atomic E-state index is 0.0142. The first-order valence-electron chi connectivity index (χ1n) is 6.97. The van der Waals surface area contributed by atoms with Gasteiger partial charge in [-0.05, 0) is 47.1 Å². The van der Waals surface area contributed by atoms with Crippen molar-refractivity contribution in [1.29, 1.82) is 0 Å². The van der Waals surface area contributed by atoms with Crippen LogP contribution in [-0.4, -0.2) is 57.2 Å². The fourth-order valence-electron chi connectivity index (χ4n) is 2.02. The van der Waals surface area contributed by atoms with E-state index in [4.69, 9.17) is 4.74 Å². The van der Waals surface area contributed by atoms with Gasteiger partial charge in [0.1, 0.15) is 18.2 Å². The smallest absolute Gasteiger partial charge is 0.328 e. The number of halogens is 1. The SMILES string of the molecule is COC(=O)[C@H](CCSC)NC(=O)c1cc(F)ccc1-n1cnnn1. The standard InChI is InChI=1S/C14H16FN5O3S/c1-23-14(22)11(5-6-24-2)17-13(21)10-7-9(15)3-4-12(10)20-8-16-18-19-20/h3-4,7-8,11H,5-6H2,1-2H3,(H,17,21)/t11-/m0/s1. The van der Waals surface area contributed by atoms with Gasteiger partial charge in [0.25, 0.3) is 5.91 Å². The van der Waals surface area contributed by atoms with E-state index >= 15 is 0 Å². The van der Waals surface area contributed by atoms with E-state index in [-0.39, 0.29) is 5.56 Å². The van der Waals surface area contributed by atoms with Crippen molar-refractivity contribution >= 4 is 23.6 Å². The van der Waals surface area contributed by atoms with Crippen LogP contribution in [0.5, 0.6) is 0 Å². The molecule has 1 aromatic heterocycles. The van der Waals surface area contributed by atoms with Gasteiger partial charge in [0.05, 0.1) is 18.4 Å². The summed E-state index contributed by atoms with van der Waals surface area (Å²) in [6.45, 7) is 0. The molecule has 0 unspecified atom stereocenters. The molecule has 10 heteroatoms. The van der Waals surface area contributed by atoms with Gasteiger partial charge >= 0.3 is 5.97 Å². The minimum atomic E-state index is -0.820. The maximum Gasteiger partial charge on any atom is 0.328 e. The number of carbonyl (C=O) groups excluding carboxylic acids is 2. The number of esters is 1. The van der Waals surface area contributed by atoms with E-state index in [1.807, 2.05) is 6.26 Å². The molecule has 128 valence electrons. The minimum Gasteiger partial charge on any atom is -0.467 e. The Morgan fingerprint density at radius 3 is 2.88 bits per heavy atom. The van der Waals surface area contributed by atoms with Crippen molar-refractivity contribution < 1.29 is 18.7 Å². The number of nitrogens with one attached hydrogen (secondary N) is 1. The first kappa shape index (κ1) is 17.9. The molecule has 1 N–H and O–H groups in total. The maximum atomic E-state index is 13.6. The van der Waals surface area contributed by atoms with Crippen LogP contribution in [0, 0.1) is 5.82 Å². The molecule has 0 spiro atoms. The summed E-state index contributed by atoms with van der Waals surface area (Å²) < 4.78 is 19.5. The van der Waals surface area contributed by atoms with Gasteiger partial charge in [-0.2, -0.15) is 16.4 Å². The Kier molecular flexibility index (Phi) is 6.24. The predicted octanol–water partition coefficient (Wildman–Crippen LogP) is 0.826. The second-order valence-electron chi connectivity index (χ2n) is 4.75. The third-order valence-electron chi connectivity index (χ3n) is 3.20. The lowest BCUT2D eigenvalue weighted by Gasteiger charge is -2.17. The number of thioether (sulfide) groups is 1. The van der Waals surface area contributed by atoms with E-state index in [0.717, 1.165) is 6.07 Å². The predicted molar refractivity (Wildman–Crippen MR) is 85.4 cm³/mol. The first-order valence-corrected chi connectivity index (χ1v) is 8.36. The van der Waals surface area contributed by atoms with Crippen LogP contribution in [0.25, 0.3) is 5.69 Å². The molecule has 0 bridgehead atoms. The van der Waals surface area contributed by atoms with Crippen molar-refractivity contribution in [2.45, 2.75) is 12.5 Å². The van der Waals surface area contributed by atoms with Crippen LogP contribution >= 0.6 is 11.8 Å². The van der Waals surface area contributed by atoms with Crippen molar-refractivity contribution in [2.75, 3.05) is 19.1 Å². The van der Waals surface area contributed by atoms with E-state index in [2.05, 4.69) is 20.8 Å². The maximum absolute atomic E-state index is 13.6. The lowest BCUT2D eigenvalue weighted by Crippen LogP contribution is -2.42. The normalized spacial score (nSPS) is 11.8. The molecular weight excluding hydrogens is 337 g/mol. The lowest BCUT2D eigenvalue weighted by molar-refractivity contribution is -0.142. The van der Waals surface area contributed by atoms with E-state index in [9.17, 15) is 14.0 Å². The quantitative estimate of drug-likeness (QED) is 0.736. The number of hydrogen-bond donors (Lipinski definition) is 1. The number of rotatable bonds is 7. The van der Waals surface area contributed by atoms with Crippen molar-refractivity contribution in [1.82, 2.24) is 25.5 Å². The Labute approximate surface area is 141 Å². The zero-order valence-electron chi connectivity index (χ0n) is 13.1. The zero-order chi connectivity index (χ0) is 17.5. The second kappa shape index (κ2) is 8.39. The summed E-state index contributed by atoms with van der Waals surface area (Å²) in [7, 11) is 1.25. The van der Waals surface area contributed by atoms with E-state index in [1.165, 1.54) is 42.0 Å². The fraction of sp³-hybridized carbons (Fsp3) is 0.357. The number of benzene rings is 1. The average molecular weight is 353 g/mol. The second-order valence-corrected chi connectivity index (χ2v) is 5.73. The van der Waals surface area contributed by atoms with E-state index < -0.39 is 23.7 Å². The van der Waals surface area contributed by atoms with Gasteiger partial charge in [0.15, 0.2) is 0 Å². The molecule has 0 saturated heterocycles. The van der Waals surface area contributed by atoms with Crippen LogP contribution in [0.2, 0.25) is 0 Å². The number of nitrogens with zero attached hydrogens (tertiary/aromatic N) is 4. The highest BCUT2D eigenvalue weighted by atomic mass is 32.2. The Hall–Kier alpha value is -2.49. The third-order valence-corrected chi connectivity index (χ3v) is 3.84. The molecule has 0 saturated carbocycles. The van der Waals surface area contributed by atoms with Gasteiger partial charge in [0, 0.05) is 0 Å². The molecular formula is C14H16FN5O3S. The molecule has 0 radical (unpaired) electrons. The number of methoxy groups -OCH3 is 1. The molecule has 2 rings (SSSR count). The molecule has 1 aromatic carbocycles. The summed E-state index contributed by atoms with van der Waals surface area (Å²) in [4.78, 5) is 24.3. The van der Waals surface area contributed by atoms with Gasteiger partial charge in [-0.1, -0.05) is 0 Å². The Morgan fingerprint density at radius 2 is 2.25 bits per heavy atom. The highest BCUT2D eigenvalue weighted by Crippen LogP contribution is 2.16. The molecule has 0 aliphatic heterocycles. The van der Waals surface area contributed by atoms with Crippen molar-refractivity contribution in [2.24, 2.45) is 0 Å². The highest BCUT2D eigenvalue weighted by molar-refractivity contribution is 7.98. The molecule has 2 aromatic rings. The Bertz CT molecular complexity index is 710. The average Bonchev–Trinajstić information content (AvgIpc) is 3.11. The third kappa shape index (κ3) is 4.28. The molecule has 0 fully saturated rings. The Balaban J connectivity index is 2.28. The summed E-state index contributed by atoms with van der Waals surface area (Å²) in [5.41, 5.74) is 0.313. The molecule has 1 heterocycles. The summed E-state index contributed by atoms with van der Waals surface area (Å²) in [6.07, 6.45) is 3.57. The lowest BCUT2D eigenvalue weighted by atomic mass is 10.1. The fourth-order valence-corrected chi connectivity index (χ4v) is 2.50. The van der Waals surface area contributed by atoms with Gasteiger partial charge in [-0.25, -0.2) is 9.18 Å². The van der Waals surface area contributed by atoms with Crippen LogP contribution < -0.4 is 5.32 Å². The topological polar surface area (TPSA) is 99.0 Å². The van der Waals surface area contributed by atoms with Gasteiger partial charge in [0.2, 0.25) is 0 Å². The first-order chi connectivity index (χ1) is 11.6. The number of amides is 1. The molecule has 1 atom stereocenters. The van der Waals surface area contributed by atoms with Crippen molar-refractivity contribution in [3.8, 4) is 5.69 Å². The molecule has 0 aliphatic rings. The van der Waals surface area contributed by atoms with Crippen LogP contribution in [0.15, 0.2) is 24.5 Å². The van der Waals surface area contributed by atoms with Crippen molar-refractivity contribution in [3.63, 3.8) is 0 Å². The number of hydrogen-bond acceptors (Lipinski definition) is 7. The van der Waals surface area contributed by atoms with E-state index in [0.29, 0.717) is 17.9 Å². The zero-order valence-corrected chi connectivity index (χ0v) is 13.9. The van der Waals surface area contributed by atoms with Gasteiger partial charge < -0.3 is 10.1 Å². The molecule has 0 aliphatic carbocycles. The number of tetrazole rings is 1. The van der Waals surface area contributed by atoms with Crippen molar-refractivity contribution in [3.05, 3.63) is 35.9 Å². The number of ether oxygens (including phenoxy) is 1. The largest absolute Gasteiger partial charge is 0.467 e. The summed E-state index contributed by atoms with van der Waals surface area (Å²) >= 11 is 1.53. The van der Waals surface area contributed by atoms with Crippen LogP contribution in [0.4, 0.5) is 4.39 Å². The molecule has 8 nitrogen and oxygen atoms in total. The van der Waals surface area contributed by atoms with Gasteiger partial charge in [-0.3, -0.25) is 4.79 Å². The summed E-state index contributed by atoms with van der Waals surface area (Å²) in [5.74, 6) is -1.10. The number of carbonyl (C=O) groups is 2. The molecule has 1 amide bonds. The molecule has 24 heavy (non-hydrogen) atoms. The number of aromatic nitrogens is 4. The summed E-state index contributed by atoms with van der Waals surface area (Å²) in [5, 5.41) is 13.3. The van der Waals surface area contributed by atoms with Crippen LogP contribution in [0.1, 0.15) is 16.8 Å². The van der Waals surface area contributed by atoms with E-state index in [1.54, 1.807) is 0 Å². The highest BCUT2D eigenvalue weighted by Gasteiger charge is 2.24. The van der Waals surface area contributed by atoms with Crippen LogP contribution in [0.3, 0.4) is 0 Å². The van der Waals surface area contributed by atoms with Gasteiger partial charge in [-0.15, -0.1) is 5.10 Å². The monoisotopic (exact) mass is 353 g/mol. The Morgan fingerprint density at radius 1 is 1.46 bits per heavy atom. The van der Waals surface area contributed by atoms with Crippen LogP contribution in [-0.2, 0) is 9.53 Å². The summed E-state index contributed by atoms with van der Waals surface area (Å²) in [6, 6.07) is 2.82.